The summed E-state index contributed by atoms with van der Waals surface area (Å²) in [6, 6.07) is 6.76. The van der Waals surface area contributed by atoms with Crippen LogP contribution >= 0.6 is 12.2 Å². The van der Waals surface area contributed by atoms with Crippen LogP contribution in [0.4, 0.5) is 0 Å². The van der Waals surface area contributed by atoms with Gasteiger partial charge in [0.15, 0.2) is 16.6 Å². The number of thiocarbonyl (C=S) groups is 1. The second-order valence-corrected chi connectivity index (χ2v) is 7.24. The fraction of sp³-hybridized carbons (Fsp3) is 0.611. The molecule has 0 aromatic heterocycles. The standard InChI is InChI=1S/C18H26N2O2S/c1-13(2)20-17(23)19-12-18(7-3-4-8-18)14-5-6-15-16(11-14)22-10-9-21-15/h5-6,11,13H,3-4,7-10,12H2,1-2H3,(H2,19,20,23). The summed E-state index contributed by atoms with van der Waals surface area (Å²) in [7, 11) is 0. The lowest BCUT2D eigenvalue weighted by Crippen LogP contribution is -2.45. The van der Waals surface area contributed by atoms with E-state index in [1.165, 1.54) is 31.2 Å². The van der Waals surface area contributed by atoms with Gasteiger partial charge in [-0.2, -0.15) is 0 Å². The van der Waals surface area contributed by atoms with Crippen molar-refractivity contribution in [3.05, 3.63) is 23.8 Å². The van der Waals surface area contributed by atoms with Crippen molar-refractivity contribution in [1.82, 2.24) is 10.6 Å². The first-order valence-corrected chi connectivity index (χ1v) is 8.94. The third-order valence-electron chi connectivity index (χ3n) is 4.72. The quantitative estimate of drug-likeness (QED) is 0.828. The SMILES string of the molecule is CC(C)NC(=S)NCC1(c2ccc3c(c2)OCCO3)CCCC1. The number of hydrogen-bond acceptors (Lipinski definition) is 3. The second-order valence-electron chi connectivity index (χ2n) is 6.83. The minimum Gasteiger partial charge on any atom is -0.486 e. The Morgan fingerprint density at radius 3 is 2.57 bits per heavy atom. The lowest BCUT2D eigenvalue weighted by atomic mass is 9.78. The van der Waals surface area contributed by atoms with Crippen molar-refractivity contribution in [3.8, 4) is 11.5 Å². The zero-order valence-electron chi connectivity index (χ0n) is 14.0. The van der Waals surface area contributed by atoms with Crippen molar-refractivity contribution in [2.24, 2.45) is 0 Å². The molecule has 0 saturated heterocycles. The van der Waals surface area contributed by atoms with Gasteiger partial charge in [0.1, 0.15) is 13.2 Å². The highest BCUT2D eigenvalue weighted by Crippen LogP contribution is 2.43. The van der Waals surface area contributed by atoms with Crippen molar-refractivity contribution >= 4 is 17.3 Å². The van der Waals surface area contributed by atoms with Crippen LogP contribution in [0.5, 0.6) is 11.5 Å². The molecule has 0 bridgehead atoms. The molecule has 126 valence electrons. The van der Waals surface area contributed by atoms with Crippen molar-refractivity contribution in [2.75, 3.05) is 19.8 Å². The van der Waals surface area contributed by atoms with E-state index in [1.807, 2.05) is 0 Å². The molecule has 0 radical (unpaired) electrons. The first-order chi connectivity index (χ1) is 11.1. The van der Waals surface area contributed by atoms with Crippen LogP contribution < -0.4 is 20.1 Å². The Morgan fingerprint density at radius 2 is 1.87 bits per heavy atom. The highest BCUT2D eigenvalue weighted by molar-refractivity contribution is 7.80. The van der Waals surface area contributed by atoms with E-state index in [2.05, 4.69) is 42.7 Å². The topological polar surface area (TPSA) is 42.5 Å². The number of rotatable bonds is 4. The normalized spacial score (nSPS) is 18.7. The van der Waals surface area contributed by atoms with Crippen LogP contribution in [0.1, 0.15) is 45.1 Å². The fourth-order valence-electron chi connectivity index (χ4n) is 3.56. The first kappa shape index (κ1) is 16.4. The highest BCUT2D eigenvalue weighted by Gasteiger charge is 2.36. The van der Waals surface area contributed by atoms with E-state index in [0.717, 1.165) is 23.2 Å². The minimum absolute atomic E-state index is 0.137. The molecule has 3 rings (SSSR count). The molecule has 23 heavy (non-hydrogen) atoms. The minimum atomic E-state index is 0.137. The van der Waals surface area contributed by atoms with Gasteiger partial charge < -0.3 is 20.1 Å². The van der Waals surface area contributed by atoms with Crippen LogP contribution in [0.15, 0.2) is 18.2 Å². The van der Waals surface area contributed by atoms with Gasteiger partial charge in [-0.3, -0.25) is 0 Å². The maximum Gasteiger partial charge on any atom is 0.166 e. The third kappa shape index (κ3) is 3.71. The summed E-state index contributed by atoms with van der Waals surface area (Å²) >= 11 is 5.39. The molecule has 0 amide bonds. The Balaban J connectivity index is 1.76. The molecule has 1 fully saturated rings. The Morgan fingerprint density at radius 1 is 1.17 bits per heavy atom. The van der Waals surface area contributed by atoms with Crippen molar-refractivity contribution in [2.45, 2.75) is 51.0 Å². The Bertz CT molecular complexity index is 568. The molecule has 1 aliphatic carbocycles. The van der Waals surface area contributed by atoms with E-state index in [4.69, 9.17) is 21.7 Å². The van der Waals surface area contributed by atoms with Gasteiger partial charge in [-0.25, -0.2) is 0 Å². The van der Waals surface area contributed by atoms with Gasteiger partial charge in [0.2, 0.25) is 0 Å². The van der Waals surface area contributed by atoms with Crippen LogP contribution in [0, 0.1) is 0 Å². The summed E-state index contributed by atoms with van der Waals surface area (Å²) in [5, 5.41) is 7.42. The van der Waals surface area contributed by atoms with Gasteiger partial charge in [-0.15, -0.1) is 0 Å². The summed E-state index contributed by atoms with van der Waals surface area (Å²) in [4.78, 5) is 0. The van der Waals surface area contributed by atoms with Crippen LogP contribution in [0.2, 0.25) is 0 Å². The number of ether oxygens (including phenoxy) is 2. The molecule has 2 N–H and O–H groups in total. The summed E-state index contributed by atoms with van der Waals surface area (Å²) in [5.74, 6) is 1.74. The van der Waals surface area contributed by atoms with Gasteiger partial charge >= 0.3 is 0 Å². The molecule has 5 heteroatoms. The molecule has 1 aromatic rings. The molecule has 0 spiro atoms. The smallest absolute Gasteiger partial charge is 0.166 e. The van der Waals surface area contributed by atoms with Crippen LogP contribution in [0.3, 0.4) is 0 Å². The molecule has 0 atom stereocenters. The fourth-order valence-corrected chi connectivity index (χ4v) is 3.86. The predicted molar refractivity (Wildman–Crippen MR) is 96.5 cm³/mol. The van der Waals surface area contributed by atoms with E-state index < -0.39 is 0 Å². The molecule has 1 aliphatic heterocycles. The van der Waals surface area contributed by atoms with E-state index >= 15 is 0 Å². The Hall–Kier alpha value is -1.49. The van der Waals surface area contributed by atoms with E-state index in [1.54, 1.807) is 0 Å². The van der Waals surface area contributed by atoms with Gasteiger partial charge in [-0.1, -0.05) is 18.9 Å². The molecular weight excluding hydrogens is 308 g/mol. The first-order valence-electron chi connectivity index (χ1n) is 8.54. The molecule has 0 unspecified atom stereocenters. The molecule has 1 aromatic carbocycles. The lowest BCUT2D eigenvalue weighted by Gasteiger charge is -2.32. The van der Waals surface area contributed by atoms with Crippen LogP contribution in [0.25, 0.3) is 0 Å². The predicted octanol–water partition coefficient (Wildman–Crippen LogP) is 3.14. The maximum atomic E-state index is 5.76. The van der Waals surface area contributed by atoms with E-state index in [0.29, 0.717) is 19.3 Å². The van der Waals surface area contributed by atoms with Crippen molar-refractivity contribution in [3.63, 3.8) is 0 Å². The summed E-state index contributed by atoms with van der Waals surface area (Å²) in [6.07, 6.45) is 4.90. The largest absolute Gasteiger partial charge is 0.486 e. The zero-order valence-corrected chi connectivity index (χ0v) is 14.8. The monoisotopic (exact) mass is 334 g/mol. The van der Waals surface area contributed by atoms with Crippen LogP contribution in [-0.4, -0.2) is 30.9 Å². The average molecular weight is 334 g/mol. The number of hydrogen-bond donors (Lipinski definition) is 2. The van der Waals surface area contributed by atoms with Crippen molar-refractivity contribution < 1.29 is 9.47 Å². The summed E-state index contributed by atoms with van der Waals surface area (Å²) < 4.78 is 11.4. The molecule has 4 nitrogen and oxygen atoms in total. The Kier molecular flexibility index (Phi) is 4.95. The van der Waals surface area contributed by atoms with E-state index in [-0.39, 0.29) is 5.41 Å². The summed E-state index contributed by atoms with van der Waals surface area (Å²) in [5.41, 5.74) is 1.47. The number of benzene rings is 1. The highest BCUT2D eigenvalue weighted by atomic mass is 32.1. The Labute approximate surface area is 143 Å². The van der Waals surface area contributed by atoms with Gasteiger partial charge in [0.25, 0.3) is 0 Å². The summed E-state index contributed by atoms with van der Waals surface area (Å²) in [6.45, 7) is 6.32. The zero-order chi connectivity index (χ0) is 16.3. The third-order valence-corrected chi connectivity index (χ3v) is 4.98. The lowest BCUT2D eigenvalue weighted by molar-refractivity contribution is 0.171. The van der Waals surface area contributed by atoms with E-state index in [9.17, 15) is 0 Å². The molecular formula is C18H26N2O2S. The van der Waals surface area contributed by atoms with Gasteiger partial charge in [0.05, 0.1) is 0 Å². The van der Waals surface area contributed by atoms with Crippen LogP contribution in [-0.2, 0) is 5.41 Å². The molecule has 2 aliphatic rings. The molecule has 1 saturated carbocycles. The second kappa shape index (κ2) is 6.95. The average Bonchev–Trinajstić information content (AvgIpc) is 3.02. The van der Waals surface area contributed by atoms with Gasteiger partial charge in [0, 0.05) is 18.0 Å². The van der Waals surface area contributed by atoms with Gasteiger partial charge in [-0.05, 0) is 56.6 Å². The molecule has 1 heterocycles. The number of nitrogens with one attached hydrogen (secondary N) is 2. The maximum absolute atomic E-state index is 5.76. The number of fused-ring (bicyclic) bond motifs is 1. The van der Waals surface area contributed by atoms with Crippen molar-refractivity contribution in [1.29, 1.82) is 0 Å².